The van der Waals surface area contributed by atoms with Crippen LogP contribution in [0.2, 0.25) is 0 Å². The second-order valence-corrected chi connectivity index (χ2v) is 7.68. The van der Waals surface area contributed by atoms with Crippen LogP contribution < -0.4 is 14.8 Å². The third-order valence-corrected chi connectivity index (χ3v) is 5.04. The van der Waals surface area contributed by atoms with Crippen LogP contribution in [-0.4, -0.2) is 13.0 Å². The van der Waals surface area contributed by atoms with Gasteiger partial charge in [0, 0.05) is 17.7 Å². The molecule has 0 aliphatic rings. The number of methoxy groups -OCH3 is 1. The molecular formula is C26H29NO3. The number of amides is 1. The van der Waals surface area contributed by atoms with Crippen LogP contribution in [0.1, 0.15) is 52.4 Å². The Labute approximate surface area is 178 Å². The minimum atomic E-state index is -0.123. The summed E-state index contributed by atoms with van der Waals surface area (Å²) in [7, 11) is 1.62. The van der Waals surface area contributed by atoms with Gasteiger partial charge >= 0.3 is 0 Å². The fraction of sp³-hybridized carbons (Fsp3) is 0.269. The smallest absolute Gasteiger partial charge is 0.251 e. The van der Waals surface area contributed by atoms with Gasteiger partial charge in [0.15, 0.2) is 0 Å². The van der Waals surface area contributed by atoms with Gasteiger partial charge in [-0.15, -0.1) is 0 Å². The van der Waals surface area contributed by atoms with Crippen molar-refractivity contribution in [3.05, 3.63) is 94.5 Å². The lowest BCUT2D eigenvalue weighted by Crippen LogP contribution is -2.23. The molecule has 0 saturated heterocycles. The number of nitrogens with one attached hydrogen (secondary N) is 1. The first-order valence-electron chi connectivity index (χ1n) is 10.2. The lowest BCUT2D eigenvalue weighted by atomic mass is 10.0. The second kappa shape index (κ2) is 9.97. The maximum atomic E-state index is 12.7. The van der Waals surface area contributed by atoms with Crippen molar-refractivity contribution in [3.8, 4) is 11.5 Å². The van der Waals surface area contributed by atoms with Gasteiger partial charge in [0.2, 0.25) is 0 Å². The third kappa shape index (κ3) is 5.41. The van der Waals surface area contributed by atoms with E-state index < -0.39 is 0 Å². The summed E-state index contributed by atoms with van der Waals surface area (Å²) in [5.74, 6) is 1.79. The predicted molar refractivity (Wildman–Crippen MR) is 120 cm³/mol. The molecule has 30 heavy (non-hydrogen) atoms. The molecule has 4 heteroatoms. The van der Waals surface area contributed by atoms with Crippen LogP contribution in [0.25, 0.3) is 0 Å². The lowest BCUT2D eigenvalue weighted by molar-refractivity contribution is 0.0950. The zero-order valence-corrected chi connectivity index (χ0v) is 18.1. The minimum Gasteiger partial charge on any atom is -0.496 e. The quantitative estimate of drug-likeness (QED) is 0.530. The Bertz CT molecular complexity index is 993. The molecule has 0 aliphatic carbocycles. The van der Waals surface area contributed by atoms with Crippen LogP contribution in [0.5, 0.6) is 11.5 Å². The van der Waals surface area contributed by atoms with Gasteiger partial charge in [-0.3, -0.25) is 4.79 Å². The first-order valence-corrected chi connectivity index (χ1v) is 10.2. The molecule has 4 nitrogen and oxygen atoms in total. The Morgan fingerprint density at radius 3 is 2.40 bits per heavy atom. The summed E-state index contributed by atoms with van der Waals surface area (Å²) in [4.78, 5) is 12.7. The van der Waals surface area contributed by atoms with Crippen LogP contribution >= 0.6 is 0 Å². The van der Waals surface area contributed by atoms with E-state index in [1.807, 2.05) is 61.5 Å². The monoisotopic (exact) mass is 403 g/mol. The van der Waals surface area contributed by atoms with Crippen LogP contribution in [0.4, 0.5) is 0 Å². The van der Waals surface area contributed by atoms with Gasteiger partial charge in [-0.2, -0.15) is 0 Å². The minimum absolute atomic E-state index is 0.123. The molecule has 0 atom stereocenters. The molecule has 1 N–H and O–H groups in total. The first-order chi connectivity index (χ1) is 14.5. The number of hydrogen-bond donors (Lipinski definition) is 1. The van der Waals surface area contributed by atoms with E-state index >= 15 is 0 Å². The van der Waals surface area contributed by atoms with E-state index in [-0.39, 0.29) is 5.91 Å². The van der Waals surface area contributed by atoms with Gasteiger partial charge in [-0.1, -0.05) is 61.9 Å². The number of para-hydroxylation sites is 1. The number of carbonyl (C=O) groups excluding carboxylic acids is 1. The number of carbonyl (C=O) groups is 1. The van der Waals surface area contributed by atoms with Crippen LogP contribution in [0.3, 0.4) is 0 Å². The van der Waals surface area contributed by atoms with Crippen molar-refractivity contribution in [3.63, 3.8) is 0 Å². The van der Waals surface area contributed by atoms with E-state index in [0.717, 1.165) is 22.4 Å². The van der Waals surface area contributed by atoms with E-state index in [9.17, 15) is 4.79 Å². The molecule has 0 heterocycles. The van der Waals surface area contributed by atoms with Gasteiger partial charge in [-0.25, -0.2) is 0 Å². The van der Waals surface area contributed by atoms with Gasteiger partial charge < -0.3 is 14.8 Å². The maximum absolute atomic E-state index is 12.7. The summed E-state index contributed by atoms with van der Waals surface area (Å²) in [5.41, 5.74) is 4.83. The van der Waals surface area contributed by atoms with E-state index in [0.29, 0.717) is 30.4 Å². The Balaban J connectivity index is 1.71. The average Bonchev–Trinajstić information content (AvgIpc) is 2.77. The topological polar surface area (TPSA) is 47.6 Å². The number of hydrogen-bond acceptors (Lipinski definition) is 3. The van der Waals surface area contributed by atoms with E-state index in [2.05, 4.69) is 25.2 Å². The largest absolute Gasteiger partial charge is 0.496 e. The Morgan fingerprint density at radius 1 is 0.967 bits per heavy atom. The standard InChI is InChI=1S/C26H29NO3/c1-18(2)23-7-5-6-8-25(23)30-17-22-15-21(13-14-24(22)29-4)26(28)27-16-20-11-9-19(3)10-12-20/h5-15,18H,16-17H2,1-4H3,(H,27,28). The van der Waals surface area contributed by atoms with E-state index in [1.54, 1.807) is 13.2 Å². The molecule has 3 aromatic rings. The predicted octanol–water partition coefficient (Wildman–Crippen LogP) is 5.64. The Kier molecular flexibility index (Phi) is 7.12. The van der Waals surface area contributed by atoms with Crippen molar-refractivity contribution in [2.45, 2.75) is 39.8 Å². The second-order valence-electron chi connectivity index (χ2n) is 7.68. The van der Waals surface area contributed by atoms with Crippen molar-refractivity contribution in [2.75, 3.05) is 7.11 Å². The van der Waals surface area contributed by atoms with E-state index in [1.165, 1.54) is 5.56 Å². The maximum Gasteiger partial charge on any atom is 0.251 e. The molecule has 0 aliphatic heterocycles. The van der Waals surface area contributed by atoms with Crippen molar-refractivity contribution in [1.82, 2.24) is 5.32 Å². The van der Waals surface area contributed by atoms with Gasteiger partial charge in [-0.05, 0) is 48.2 Å². The fourth-order valence-corrected chi connectivity index (χ4v) is 3.27. The highest BCUT2D eigenvalue weighted by Gasteiger charge is 2.13. The lowest BCUT2D eigenvalue weighted by Gasteiger charge is -2.16. The molecule has 0 radical (unpaired) electrons. The first kappa shape index (κ1) is 21.4. The normalized spacial score (nSPS) is 10.7. The molecule has 0 unspecified atom stereocenters. The Morgan fingerprint density at radius 2 is 1.70 bits per heavy atom. The van der Waals surface area contributed by atoms with Crippen LogP contribution in [0, 0.1) is 6.92 Å². The summed E-state index contributed by atoms with van der Waals surface area (Å²) in [6, 6.07) is 21.6. The van der Waals surface area contributed by atoms with Gasteiger partial charge in [0.1, 0.15) is 18.1 Å². The van der Waals surface area contributed by atoms with Crippen LogP contribution in [0.15, 0.2) is 66.7 Å². The van der Waals surface area contributed by atoms with Gasteiger partial charge in [0.25, 0.3) is 5.91 Å². The molecule has 1 amide bonds. The highest BCUT2D eigenvalue weighted by atomic mass is 16.5. The molecule has 0 bridgehead atoms. The Hall–Kier alpha value is -3.27. The van der Waals surface area contributed by atoms with Crippen molar-refractivity contribution < 1.29 is 14.3 Å². The average molecular weight is 404 g/mol. The fourth-order valence-electron chi connectivity index (χ4n) is 3.27. The highest BCUT2D eigenvalue weighted by Crippen LogP contribution is 2.28. The van der Waals surface area contributed by atoms with Crippen molar-refractivity contribution in [2.24, 2.45) is 0 Å². The molecule has 0 saturated carbocycles. The molecule has 0 aromatic heterocycles. The molecule has 0 fully saturated rings. The zero-order chi connectivity index (χ0) is 21.5. The SMILES string of the molecule is COc1ccc(C(=O)NCc2ccc(C)cc2)cc1COc1ccccc1C(C)C. The van der Waals surface area contributed by atoms with Crippen molar-refractivity contribution >= 4 is 5.91 Å². The van der Waals surface area contributed by atoms with Crippen LogP contribution in [-0.2, 0) is 13.2 Å². The summed E-state index contributed by atoms with van der Waals surface area (Å²) < 4.78 is 11.6. The van der Waals surface area contributed by atoms with E-state index in [4.69, 9.17) is 9.47 Å². The third-order valence-electron chi connectivity index (χ3n) is 5.04. The number of benzene rings is 3. The molecule has 3 aromatic carbocycles. The summed E-state index contributed by atoms with van der Waals surface area (Å²) in [6.07, 6.45) is 0. The molecule has 3 rings (SSSR count). The number of ether oxygens (including phenoxy) is 2. The van der Waals surface area contributed by atoms with Crippen molar-refractivity contribution in [1.29, 1.82) is 0 Å². The number of rotatable bonds is 8. The zero-order valence-electron chi connectivity index (χ0n) is 18.1. The molecule has 156 valence electrons. The summed E-state index contributed by atoms with van der Waals surface area (Å²) >= 11 is 0. The highest BCUT2D eigenvalue weighted by molar-refractivity contribution is 5.94. The number of aryl methyl sites for hydroxylation is 1. The summed E-state index contributed by atoms with van der Waals surface area (Å²) in [5, 5.41) is 2.98. The molecule has 0 spiro atoms. The summed E-state index contributed by atoms with van der Waals surface area (Å²) in [6.45, 7) is 7.14. The molecular weight excluding hydrogens is 374 g/mol. The van der Waals surface area contributed by atoms with Gasteiger partial charge in [0.05, 0.1) is 7.11 Å².